The van der Waals surface area contributed by atoms with Crippen LogP contribution in [0.15, 0.2) is 22.7 Å². The maximum Gasteiger partial charge on any atom is 0.264 e. The Morgan fingerprint density at radius 1 is 1.40 bits per heavy atom. The van der Waals surface area contributed by atoms with Crippen LogP contribution in [-0.4, -0.2) is 24.9 Å². The molecule has 106 valence electrons. The summed E-state index contributed by atoms with van der Waals surface area (Å²) in [5.41, 5.74) is 6.45. The van der Waals surface area contributed by atoms with Crippen LogP contribution >= 0.6 is 27.3 Å². The summed E-state index contributed by atoms with van der Waals surface area (Å²) >= 11 is 4.69. The highest BCUT2D eigenvalue weighted by Gasteiger charge is 2.20. The van der Waals surface area contributed by atoms with Crippen molar-refractivity contribution in [3.05, 3.63) is 27.5 Å². The summed E-state index contributed by atoms with van der Waals surface area (Å²) in [5.74, 6) is -0.586. The summed E-state index contributed by atoms with van der Waals surface area (Å²) in [4.78, 5) is 24.0. The van der Waals surface area contributed by atoms with Crippen molar-refractivity contribution >= 4 is 54.9 Å². The minimum Gasteiger partial charge on any atom is -0.397 e. The van der Waals surface area contributed by atoms with Gasteiger partial charge in [0.1, 0.15) is 10.9 Å². The summed E-state index contributed by atoms with van der Waals surface area (Å²) in [7, 11) is 1.52. The molecule has 1 heterocycles. The van der Waals surface area contributed by atoms with Crippen LogP contribution in [0.25, 0.3) is 10.1 Å². The highest BCUT2D eigenvalue weighted by Crippen LogP contribution is 2.35. The number of hydrogen-bond acceptors (Lipinski definition) is 4. The van der Waals surface area contributed by atoms with Crippen LogP contribution in [0, 0.1) is 0 Å². The molecule has 0 aliphatic rings. The lowest BCUT2D eigenvalue weighted by Gasteiger charge is -2.11. The zero-order valence-corrected chi connectivity index (χ0v) is 13.4. The molecule has 2 rings (SSSR count). The van der Waals surface area contributed by atoms with Gasteiger partial charge in [-0.15, -0.1) is 11.3 Å². The van der Waals surface area contributed by atoms with Gasteiger partial charge in [-0.25, -0.2) is 0 Å². The molecule has 0 aliphatic heterocycles. The second-order valence-corrected chi connectivity index (χ2v) is 6.26. The number of rotatable bonds is 3. The van der Waals surface area contributed by atoms with Crippen LogP contribution in [0.2, 0.25) is 0 Å². The summed E-state index contributed by atoms with van der Waals surface area (Å²) in [5, 5.41) is 5.96. The number of fused-ring (bicyclic) bond motifs is 1. The van der Waals surface area contributed by atoms with E-state index in [1.807, 2.05) is 18.2 Å². The Morgan fingerprint density at radius 2 is 2.10 bits per heavy atom. The van der Waals surface area contributed by atoms with Gasteiger partial charge in [-0.1, -0.05) is 22.0 Å². The molecule has 0 bridgehead atoms. The molecule has 7 heteroatoms. The van der Waals surface area contributed by atoms with Crippen LogP contribution in [0.3, 0.4) is 0 Å². The van der Waals surface area contributed by atoms with Gasteiger partial charge in [-0.3, -0.25) is 9.59 Å². The highest BCUT2D eigenvalue weighted by atomic mass is 79.9. The maximum atomic E-state index is 12.2. The van der Waals surface area contributed by atoms with Gasteiger partial charge >= 0.3 is 0 Å². The van der Waals surface area contributed by atoms with Gasteiger partial charge in [0, 0.05) is 21.6 Å². The third-order valence-electron chi connectivity index (χ3n) is 2.88. The number of likely N-dealkylation sites (N-methyl/N-ethyl adjacent to an activating group) is 1. The molecule has 1 atom stereocenters. The van der Waals surface area contributed by atoms with Gasteiger partial charge in [0.25, 0.3) is 5.91 Å². The van der Waals surface area contributed by atoms with Gasteiger partial charge in [-0.05, 0) is 19.1 Å². The molecule has 4 N–H and O–H groups in total. The first-order chi connectivity index (χ1) is 9.43. The second-order valence-electron chi connectivity index (χ2n) is 4.29. The van der Waals surface area contributed by atoms with Crippen LogP contribution < -0.4 is 16.4 Å². The van der Waals surface area contributed by atoms with Crippen LogP contribution in [0.1, 0.15) is 16.6 Å². The summed E-state index contributed by atoms with van der Waals surface area (Å²) in [6, 6.07) is 5.05. The number of carbonyl (C=O) groups excluding carboxylic acids is 2. The fraction of sp³-hybridized carbons (Fsp3) is 0.231. The highest BCUT2D eigenvalue weighted by molar-refractivity contribution is 9.10. The minimum atomic E-state index is -0.608. The van der Waals surface area contributed by atoms with Crippen molar-refractivity contribution in [1.29, 1.82) is 0 Å². The second kappa shape index (κ2) is 5.80. The van der Waals surface area contributed by atoms with E-state index in [-0.39, 0.29) is 11.8 Å². The van der Waals surface area contributed by atoms with E-state index in [1.165, 1.54) is 18.4 Å². The molecular formula is C13H14BrN3O2S. The predicted octanol–water partition coefficient (Wildman–Crippen LogP) is 2.11. The normalized spacial score (nSPS) is 12.2. The molecule has 0 fully saturated rings. The van der Waals surface area contributed by atoms with E-state index in [4.69, 9.17) is 5.73 Å². The lowest BCUT2D eigenvalue weighted by molar-refractivity contribution is -0.122. The van der Waals surface area contributed by atoms with E-state index in [2.05, 4.69) is 26.6 Å². The average Bonchev–Trinajstić information content (AvgIpc) is 2.74. The fourth-order valence-corrected chi connectivity index (χ4v) is 3.38. The van der Waals surface area contributed by atoms with Gasteiger partial charge in [0.05, 0.1) is 5.69 Å². The van der Waals surface area contributed by atoms with E-state index in [1.54, 1.807) is 6.92 Å². The Labute approximate surface area is 128 Å². The zero-order valence-electron chi connectivity index (χ0n) is 11.0. The Kier molecular flexibility index (Phi) is 4.29. The number of carbonyl (C=O) groups is 2. The van der Waals surface area contributed by atoms with E-state index in [0.29, 0.717) is 10.6 Å². The third-order valence-corrected chi connectivity index (χ3v) is 4.54. The number of amides is 2. The number of nitrogens with one attached hydrogen (secondary N) is 2. The molecule has 20 heavy (non-hydrogen) atoms. The molecule has 1 unspecified atom stereocenters. The molecule has 0 saturated carbocycles. The Morgan fingerprint density at radius 3 is 2.75 bits per heavy atom. The summed E-state index contributed by atoms with van der Waals surface area (Å²) < 4.78 is 1.85. The van der Waals surface area contributed by atoms with Crippen molar-refractivity contribution < 1.29 is 9.59 Å². The Hall–Kier alpha value is -1.60. The molecule has 2 aromatic rings. The van der Waals surface area contributed by atoms with Crippen molar-refractivity contribution in [3.63, 3.8) is 0 Å². The van der Waals surface area contributed by atoms with Gasteiger partial charge in [0.15, 0.2) is 0 Å². The first kappa shape index (κ1) is 14.8. The van der Waals surface area contributed by atoms with E-state index in [0.717, 1.165) is 14.6 Å². The molecule has 0 saturated heterocycles. The van der Waals surface area contributed by atoms with Gasteiger partial charge < -0.3 is 16.4 Å². The summed E-state index contributed by atoms with van der Waals surface area (Å²) in [6.07, 6.45) is 0. The predicted molar refractivity (Wildman–Crippen MR) is 84.9 cm³/mol. The third kappa shape index (κ3) is 2.78. The van der Waals surface area contributed by atoms with Gasteiger partial charge in [-0.2, -0.15) is 0 Å². The van der Waals surface area contributed by atoms with E-state index >= 15 is 0 Å². The largest absolute Gasteiger partial charge is 0.397 e. The molecular weight excluding hydrogens is 342 g/mol. The number of halogens is 1. The van der Waals surface area contributed by atoms with Crippen molar-refractivity contribution in [2.75, 3.05) is 12.8 Å². The Bertz CT molecular complexity index is 684. The van der Waals surface area contributed by atoms with Crippen molar-refractivity contribution in [2.24, 2.45) is 0 Å². The van der Waals surface area contributed by atoms with E-state index in [9.17, 15) is 9.59 Å². The first-order valence-electron chi connectivity index (χ1n) is 5.94. The zero-order chi connectivity index (χ0) is 14.9. The smallest absolute Gasteiger partial charge is 0.264 e. The lowest BCUT2D eigenvalue weighted by atomic mass is 10.2. The topological polar surface area (TPSA) is 84.2 Å². The molecule has 5 nitrogen and oxygen atoms in total. The molecule has 2 amide bonds. The molecule has 0 spiro atoms. The molecule has 0 aliphatic carbocycles. The number of benzene rings is 1. The number of nitrogen functional groups attached to an aromatic ring is 1. The van der Waals surface area contributed by atoms with Crippen LogP contribution in [0.5, 0.6) is 0 Å². The lowest BCUT2D eigenvalue weighted by Crippen LogP contribution is -2.43. The number of anilines is 1. The molecule has 1 aromatic heterocycles. The maximum absolute atomic E-state index is 12.2. The van der Waals surface area contributed by atoms with Crippen molar-refractivity contribution in [1.82, 2.24) is 10.6 Å². The molecule has 1 aromatic carbocycles. The quantitative estimate of drug-likeness (QED) is 0.788. The van der Waals surface area contributed by atoms with Crippen molar-refractivity contribution in [2.45, 2.75) is 13.0 Å². The summed E-state index contributed by atoms with van der Waals surface area (Å²) in [6.45, 7) is 1.62. The average molecular weight is 356 g/mol. The first-order valence-corrected chi connectivity index (χ1v) is 7.55. The number of hydrogen-bond donors (Lipinski definition) is 3. The fourth-order valence-electron chi connectivity index (χ4n) is 1.80. The van der Waals surface area contributed by atoms with Gasteiger partial charge in [0.2, 0.25) is 5.91 Å². The van der Waals surface area contributed by atoms with Crippen molar-refractivity contribution in [3.8, 4) is 0 Å². The minimum absolute atomic E-state index is 0.249. The Balaban J connectivity index is 2.31. The van der Waals surface area contributed by atoms with E-state index < -0.39 is 6.04 Å². The van der Waals surface area contributed by atoms with Crippen LogP contribution in [-0.2, 0) is 4.79 Å². The molecule has 0 radical (unpaired) electrons. The van der Waals surface area contributed by atoms with Crippen LogP contribution in [0.4, 0.5) is 5.69 Å². The standard InChI is InChI=1S/C13H14BrN3O2S/c1-6(12(18)16-2)17-13(19)11-10(15)8-4-3-7(14)5-9(8)20-11/h3-6H,15H2,1-2H3,(H,16,18)(H,17,19). The number of nitrogens with two attached hydrogens (primary N) is 1. The SMILES string of the molecule is CNC(=O)C(C)NC(=O)c1sc2cc(Br)ccc2c1N. The monoisotopic (exact) mass is 355 g/mol. The number of thiophene rings is 1.